The van der Waals surface area contributed by atoms with Crippen molar-refractivity contribution in [3.05, 3.63) is 23.9 Å². The van der Waals surface area contributed by atoms with Crippen molar-refractivity contribution in [2.75, 3.05) is 51.5 Å². The van der Waals surface area contributed by atoms with Crippen molar-refractivity contribution in [3.8, 4) is 0 Å². The van der Waals surface area contributed by atoms with E-state index in [1.165, 1.54) is 5.56 Å². The molecule has 1 heterocycles. The first-order chi connectivity index (χ1) is 9.83. The highest BCUT2D eigenvalue weighted by Gasteiger charge is 2.12. The van der Waals surface area contributed by atoms with Crippen molar-refractivity contribution in [3.63, 3.8) is 0 Å². The molecule has 0 fully saturated rings. The van der Waals surface area contributed by atoms with Gasteiger partial charge in [-0.3, -0.25) is 0 Å². The van der Waals surface area contributed by atoms with Crippen LogP contribution in [0.2, 0.25) is 0 Å². The van der Waals surface area contributed by atoms with Gasteiger partial charge in [-0.15, -0.1) is 0 Å². The highest BCUT2D eigenvalue weighted by Crippen LogP contribution is 2.16. The van der Waals surface area contributed by atoms with Gasteiger partial charge in [0, 0.05) is 44.6 Å². The highest BCUT2D eigenvalue weighted by molar-refractivity contribution is 5.46. The molecular formula is C15H27N3O2. The van der Waals surface area contributed by atoms with Gasteiger partial charge in [-0.1, -0.05) is 6.07 Å². The monoisotopic (exact) mass is 281 g/mol. The van der Waals surface area contributed by atoms with Crippen LogP contribution in [-0.2, 0) is 16.0 Å². The van der Waals surface area contributed by atoms with Crippen LogP contribution in [0.15, 0.2) is 18.3 Å². The van der Waals surface area contributed by atoms with E-state index in [4.69, 9.17) is 9.47 Å². The fourth-order valence-electron chi connectivity index (χ4n) is 2.01. The Morgan fingerprint density at radius 1 is 1.15 bits per heavy atom. The zero-order chi connectivity index (χ0) is 14.6. The third-order valence-corrected chi connectivity index (χ3v) is 2.95. The van der Waals surface area contributed by atoms with Crippen molar-refractivity contribution in [1.82, 2.24) is 10.3 Å². The van der Waals surface area contributed by atoms with Gasteiger partial charge in [-0.2, -0.15) is 0 Å². The molecule has 0 unspecified atom stereocenters. The molecule has 0 saturated heterocycles. The second-order valence-corrected chi connectivity index (χ2v) is 4.40. The molecule has 0 aliphatic rings. The molecule has 1 rings (SSSR count). The Morgan fingerprint density at radius 3 is 2.35 bits per heavy atom. The lowest BCUT2D eigenvalue weighted by molar-refractivity contribution is 0.141. The predicted molar refractivity (Wildman–Crippen MR) is 82.2 cm³/mol. The Hall–Kier alpha value is -1.17. The van der Waals surface area contributed by atoms with Crippen LogP contribution in [0.4, 0.5) is 5.82 Å². The summed E-state index contributed by atoms with van der Waals surface area (Å²) in [6.07, 6.45) is 1.84. The van der Waals surface area contributed by atoms with Crippen LogP contribution in [0.1, 0.15) is 19.4 Å². The molecule has 1 N–H and O–H groups in total. The molecule has 0 saturated carbocycles. The van der Waals surface area contributed by atoms with Gasteiger partial charge < -0.3 is 19.7 Å². The van der Waals surface area contributed by atoms with Crippen LogP contribution in [0.5, 0.6) is 0 Å². The molecule has 1 aromatic rings. The van der Waals surface area contributed by atoms with E-state index in [2.05, 4.69) is 21.3 Å². The first-order valence-corrected chi connectivity index (χ1v) is 7.32. The lowest BCUT2D eigenvalue weighted by atomic mass is 10.2. The van der Waals surface area contributed by atoms with Gasteiger partial charge in [-0.05, 0) is 27.0 Å². The summed E-state index contributed by atoms with van der Waals surface area (Å²) in [6, 6.07) is 4.08. The number of anilines is 1. The Labute approximate surface area is 122 Å². The zero-order valence-corrected chi connectivity index (χ0v) is 12.9. The summed E-state index contributed by atoms with van der Waals surface area (Å²) >= 11 is 0. The number of nitrogens with zero attached hydrogens (tertiary/aromatic N) is 2. The van der Waals surface area contributed by atoms with Crippen LogP contribution in [0, 0.1) is 0 Å². The summed E-state index contributed by atoms with van der Waals surface area (Å²) in [7, 11) is 1.95. The molecule has 0 radical (unpaired) electrons. The first-order valence-electron chi connectivity index (χ1n) is 7.32. The largest absolute Gasteiger partial charge is 0.380 e. The van der Waals surface area contributed by atoms with Crippen LogP contribution < -0.4 is 10.2 Å². The zero-order valence-electron chi connectivity index (χ0n) is 12.9. The van der Waals surface area contributed by atoms with Gasteiger partial charge in [0.05, 0.1) is 13.2 Å². The van der Waals surface area contributed by atoms with Gasteiger partial charge in [-0.25, -0.2) is 4.98 Å². The second-order valence-electron chi connectivity index (χ2n) is 4.40. The Bertz CT molecular complexity index is 351. The van der Waals surface area contributed by atoms with Crippen LogP contribution >= 0.6 is 0 Å². The van der Waals surface area contributed by atoms with Crippen LogP contribution in [0.25, 0.3) is 0 Å². The number of aromatic nitrogens is 1. The Kier molecular flexibility index (Phi) is 8.95. The molecule has 5 heteroatoms. The fraction of sp³-hybridized carbons (Fsp3) is 0.667. The molecule has 0 aliphatic carbocycles. The molecule has 0 aliphatic heterocycles. The number of hydrogen-bond acceptors (Lipinski definition) is 5. The van der Waals surface area contributed by atoms with Crippen LogP contribution in [-0.4, -0.2) is 51.5 Å². The molecule has 0 amide bonds. The van der Waals surface area contributed by atoms with Crippen molar-refractivity contribution in [2.24, 2.45) is 0 Å². The minimum absolute atomic E-state index is 0.707. The summed E-state index contributed by atoms with van der Waals surface area (Å²) < 4.78 is 10.9. The lowest BCUT2D eigenvalue weighted by Gasteiger charge is -2.25. The average Bonchev–Trinajstić information content (AvgIpc) is 2.47. The van der Waals surface area contributed by atoms with Crippen molar-refractivity contribution in [1.29, 1.82) is 0 Å². The smallest absolute Gasteiger partial charge is 0.133 e. The number of rotatable bonds is 11. The molecule has 0 aromatic carbocycles. The minimum Gasteiger partial charge on any atom is -0.380 e. The number of ether oxygens (including phenoxy) is 2. The van der Waals surface area contributed by atoms with Crippen molar-refractivity contribution >= 4 is 5.82 Å². The molecular weight excluding hydrogens is 254 g/mol. The topological polar surface area (TPSA) is 46.6 Å². The Morgan fingerprint density at radius 2 is 1.80 bits per heavy atom. The van der Waals surface area contributed by atoms with E-state index in [1.807, 2.05) is 33.2 Å². The molecule has 0 atom stereocenters. The molecule has 5 nitrogen and oxygen atoms in total. The molecule has 0 bridgehead atoms. The lowest BCUT2D eigenvalue weighted by Crippen LogP contribution is -2.33. The summed E-state index contributed by atoms with van der Waals surface area (Å²) in [6.45, 7) is 9.38. The van der Waals surface area contributed by atoms with E-state index in [9.17, 15) is 0 Å². The highest BCUT2D eigenvalue weighted by atomic mass is 16.5. The maximum absolute atomic E-state index is 5.47. The SMILES string of the molecule is CCOCCN(CCOCC)c1ncccc1CNC. The molecule has 114 valence electrons. The predicted octanol–water partition coefficient (Wildman–Crippen LogP) is 1.68. The van der Waals surface area contributed by atoms with E-state index in [-0.39, 0.29) is 0 Å². The van der Waals surface area contributed by atoms with Gasteiger partial charge in [0.1, 0.15) is 5.82 Å². The van der Waals surface area contributed by atoms with E-state index in [1.54, 1.807) is 0 Å². The van der Waals surface area contributed by atoms with Gasteiger partial charge in [0.2, 0.25) is 0 Å². The summed E-state index contributed by atoms with van der Waals surface area (Å²) in [5.41, 5.74) is 1.20. The summed E-state index contributed by atoms with van der Waals surface area (Å²) in [4.78, 5) is 6.76. The third kappa shape index (κ3) is 5.86. The maximum atomic E-state index is 5.47. The fourth-order valence-corrected chi connectivity index (χ4v) is 2.01. The first kappa shape index (κ1) is 16.9. The second kappa shape index (κ2) is 10.6. The average molecular weight is 281 g/mol. The van der Waals surface area contributed by atoms with Gasteiger partial charge in [0.15, 0.2) is 0 Å². The standard InChI is InChI=1S/C15H27N3O2/c1-4-19-11-9-18(10-12-20-5-2)15-14(13-16-3)7-6-8-17-15/h6-8,16H,4-5,9-13H2,1-3H3. The maximum Gasteiger partial charge on any atom is 0.133 e. The number of pyridine rings is 1. The van der Waals surface area contributed by atoms with Crippen LogP contribution in [0.3, 0.4) is 0 Å². The number of hydrogen-bond donors (Lipinski definition) is 1. The van der Waals surface area contributed by atoms with Gasteiger partial charge in [0.25, 0.3) is 0 Å². The summed E-state index contributed by atoms with van der Waals surface area (Å²) in [5.74, 6) is 1.02. The van der Waals surface area contributed by atoms with E-state index < -0.39 is 0 Å². The number of nitrogens with one attached hydrogen (secondary N) is 1. The van der Waals surface area contributed by atoms with Crippen molar-refractivity contribution in [2.45, 2.75) is 20.4 Å². The molecule has 20 heavy (non-hydrogen) atoms. The van der Waals surface area contributed by atoms with E-state index in [0.29, 0.717) is 13.2 Å². The summed E-state index contributed by atoms with van der Waals surface area (Å²) in [5, 5.41) is 3.18. The van der Waals surface area contributed by atoms with E-state index >= 15 is 0 Å². The molecule has 0 spiro atoms. The quantitative estimate of drug-likeness (QED) is 0.625. The minimum atomic E-state index is 0.707. The molecule has 1 aromatic heterocycles. The Balaban J connectivity index is 2.73. The van der Waals surface area contributed by atoms with E-state index in [0.717, 1.165) is 38.7 Å². The third-order valence-electron chi connectivity index (χ3n) is 2.95. The van der Waals surface area contributed by atoms with Crippen molar-refractivity contribution < 1.29 is 9.47 Å². The normalized spacial score (nSPS) is 10.8. The van der Waals surface area contributed by atoms with Gasteiger partial charge >= 0.3 is 0 Å².